The number of rotatable bonds is 3. The highest BCUT2D eigenvalue weighted by Crippen LogP contribution is 2.29. The van der Waals surface area contributed by atoms with Gasteiger partial charge in [-0.25, -0.2) is 4.79 Å². The van der Waals surface area contributed by atoms with Crippen molar-refractivity contribution in [2.75, 3.05) is 7.11 Å². The van der Waals surface area contributed by atoms with Crippen molar-refractivity contribution in [1.82, 2.24) is 0 Å². The van der Waals surface area contributed by atoms with E-state index in [1.165, 1.54) is 11.6 Å². The zero-order valence-corrected chi connectivity index (χ0v) is 12.5. The van der Waals surface area contributed by atoms with Crippen LogP contribution >= 0.6 is 0 Å². The van der Waals surface area contributed by atoms with Crippen molar-refractivity contribution < 1.29 is 9.15 Å². The van der Waals surface area contributed by atoms with Crippen LogP contribution in [0.4, 0.5) is 0 Å². The fourth-order valence-corrected chi connectivity index (χ4v) is 2.42. The number of ether oxygens (including phenoxy) is 1. The highest BCUT2D eigenvalue weighted by Gasteiger charge is 2.08. The second kappa shape index (κ2) is 5.90. The third-order valence-electron chi connectivity index (χ3n) is 3.63. The molecule has 0 spiro atoms. The topological polar surface area (TPSA) is 39.4 Å². The summed E-state index contributed by atoms with van der Waals surface area (Å²) in [5.41, 5.74) is 3.23. The summed E-state index contributed by atoms with van der Waals surface area (Å²) >= 11 is 0. The Labute approximate surface area is 128 Å². The predicted molar refractivity (Wildman–Crippen MR) is 89.1 cm³/mol. The molecule has 0 fully saturated rings. The first-order valence-electron chi connectivity index (χ1n) is 7.03. The van der Waals surface area contributed by atoms with Gasteiger partial charge in [0.2, 0.25) is 0 Å². The Morgan fingerprint density at radius 2 is 1.77 bits per heavy atom. The van der Waals surface area contributed by atoms with Crippen molar-refractivity contribution in [1.29, 1.82) is 0 Å². The molecule has 0 amide bonds. The summed E-state index contributed by atoms with van der Waals surface area (Å²) in [5, 5.41) is 0.866. The number of methoxy groups -OCH3 is 1. The Morgan fingerprint density at radius 1 is 1.00 bits per heavy atom. The van der Waals surface area contributed by atoms with Crippen molar-refractivity contribution in [2.24, 2.45) is 0 Å². The van der Waals surface area contributed by atoms with Crippen LogP contribution in [0.3, 0.4) is 0 Å². The Morgan fingerprint density at radius 3 is 2.55 bits per heavy atom. The molecule has 3 nitrogen and oxygen atoms in total. The Hall–Kier alpha value is -2.81. The summed E-state index contributed by atoms with van der Waals surface area (Å²) in [7, 11) is 1.60. The predicted octanol–water partition coefficient (Wildman–Crippen LogP) is 4.28. The minimum absolute atomic E-state index is 0.369. The molecule has 3 rings (SSSR count). The Balaban J connectivity index is 2.18. The van der Waals surface area contributed by atoms with E-state index >= 15 is 0 Å². The van der Waals surface area contributed by atoms with Crippen molar-refractivity contribution in [2.45, 2.75) is 6.92 Å². The van der Waals surface area contributed by atoms with Gasteiger partial charge in [0.25, 0.3) is 0 Å². The zero-order chi connectivity index (χ0) is 15.5. The third kappa shape index (κ3) is 2.66. The molecule has 0 unspecified atom stereocenters. The van der Waals surface area contributed by atoms with E-state index in [9.17, 15) is 4.79 Å². The van der Waals surface area contributed by atoms with E-state index in [2.05, 4.69) is 13.0 Å². The summed E-state index contributed by atoms with van der Waals surface area (Å²) in [4.78, 5) is 11.5. The average molecular weight is 292 g/mol. The van der Waals surface area contributed by atoms with Gasteiger partial charge in [-0.2, -0.15) is 0 Å². The molecule has 2 aromatic carbocycles. The van der Waals surface area contributed by atoms with Crippen LogP contribution in [0.2, 0.25) is 0 Å². The maximum atomic E-state index is 11.5. The maximum absolute atomic E-state index is 11.5. The molecule has 0 radical (unpaired) electrons. The van der Waals surface area contributed by atoms with Gasteiger partial charge >= 0.3 is 5.63 Å². The first kappa shape index (κ1) is 14.1. The van der Waals surface area contributed by atoms with Crippen LogP contribution in [-0.4, -0.2) is 7.11 Å². The molecule has 0 aliphatic rings. The second-order valence-corrected chi connectivity index (χ2v) is 5.04. The van der Waals surface area contributed by atoms with Crippen LogP contribution in [0.1, 0.15) is 16.7 Å². The molecule has 0 saturated heterocycles. The van der Waals surface area contributed by atoms with E-state index in [1.54, 1.807) is 13.2 Å². The summed E-state index contributed by atoms with van der Waals surface area (Å²) < 4.78 is 10.8. The Kier molecular flexibility index (Phi) is 3.79. The summed E-state index contributed by atoms with van der Waals surface area (Å²) in [6.07, 6.45) is 3.92. The summed E-state index contributed by atoms with van der Waals surface area (Å²) in [6.45, 7) is 2.06. The molecule has 1 heterocycles. The van der Waals surface area contributed by atoms with Gasteiger partial charge in [-0.3, -0.25) is 0 Å². The maximum Gasteiger partial charge on any atom is 0.336 e. The number of benzene rings is 2. The monoisotopic (exact) mass is 292 g/mol. The third-order valence-corrected chi connectivity index (χ3v) is 3.63. The van der Waals surface area contributed by atoms with Gasteiger partial charge in [-0.1, -0.05) is 30.3 Å². The van der Waals surface area contributed by atoms with Crippen molar-refractivity contribution >= 4 is 23.1 Å². The number of hydrogen-bond acceptors (Lipinski definition) is 3. The standard InChI is InChI=1S/C19H16O3/c1-13-5-3-4-6-14(13)7-10-16-17(21-2)11-8-15-9-12-18(20)22-19(15)16/h3-12H,1-2H3/b10-7+. The molecule has 110 valence electrons. The molecule has 0 bridgehead atoms. The van der Waals surface area contributed by atoms with Gasteiger partial charge in [0.1, 0.15) is 11.3 Å². The molecule has 0 saturated carbocycles. The summed E-state index contributed by atoms with van der Waals surface area (Å²) in [5.74, 6) is 0.673. The van der Waals surface area contributed by atoms with Crippen molar-refractivity contribution in [3.63, 3.8) is 0 Å². The molecular formula is C19H16O3. The molecule has 1 aromatic heterocycles. The van der Waals surface area contributed by atoms with Gasteiger partial charge in [-0.15, -0.1) is 0 Å². The van der Waals surface area contributed by atoms with Crippen LogP contribution in [-0.2, 0) is 0 Å². The van der Waals surface area contributed by atoms with Gasteiger partial charge in [0.15, 0.2) is 0 Å². The van der Waals surface area contributed by atoms with Gasteiger partial charge in [0, 0.05) is 11.5 Å². The minimum atomic E-state index is -0.369. The molecule has 0 N–H and O–H groups in total. The molecule has 22 heavy (non-hydrogen) atoms. The van der Waals surface area contributed by atoms with Crippen molar-refractivity contribution in [3.8, 4) is 5.75 Å². The van der Waals surface area contributed by atoms with E-state index in [4.69, 9.17) is 9.15 Å². The first-order chi connectivity index (χ1) is 10.7. The molecule has 0 aliphatic heterocycles. The first-order valence-corrected chi connectivity index (χ1v) is 7.03. The van der Waals surface area contributed by atoms with Crippen LogP contribution in [0.5, 0.6) is 5.75 Å². The Bertz CT molecular complexity index is 904. The normalized spacial score (nSPS) is 11.2. The molecule has 0 atom stereocenters. The van der Waals surface area contributed by atoms with E-state index in [-0.39, 0.29) is 5.63 Å². The van der Waals surface area contributed by atoms with E-state index in [0.29, 0.717) is 11.3 Å². The lowest BCUT2D eigenvalue weighted by Gasteiger charge is -2.07. The van der Waals surface area contributed by atoms with E-state index in [1.807, 2.05) is 42.5 Å². The highest BCUT2D eigenvalue weighted by molar-refractivity contribution is 5.91. The highest BCUT2D eigenvalue weighted by atomic mass is 16.5. The SMILES string of the molecule is COc1ccc2ccc(=O)oc2c1/C=C/c1ccccc1C. The van der Waals surface area contributed by atoms with Gasteiger partial charge < -0.3 is 9.15 Å². The molecule has 3 aromatic rings. The molecule has 3 heteroatoms. The fraction of sp³-hybridized carbons (Fsp3) is 0.105. The second-order valence-electron chi connectivity index (χ2n) is 5.04. The van der Waals surface area contributed by atoms with Crippen LogP contribution in [0.25, 0.3) is 23.1 Å². The number of aryl methyl sites for hydroxylation is 1. The van der Waals surface area contributed by atoms with E-state index < -0.39 is 0 Å². The molecular weight excluding hydrogens is 276 g/mol. The van der Waals surface area contributed by atoms with Gasteiger partial charge in [-0.05, 0) is 42.3 Å². The fourth-order valence-electron chi connectivity index (χ4n) is 2.42. The van der Waals surface area contributed by atoms with Crippen molar-refractivity contribution in [3.05, 3.63) is 75.6 Å². The lowest BCUT2D eigenvalue weighted by Crippen LogP contribution is -1.97. The average Bonchev–Trinajstić information content (AvgIpc) is 2.53. The smallest absolute Gasteiger partial charge is 0.336 e. The number of fused-ring (bicyclic) bond motifs is 1. The van der Waals surface area contributed by atoms with Crippen LogP contribution in [0, 0.1) is 6.92 Å². The zero-order valence-electron chi connectivity index (χ0n) is 12.5. The number of hydrogen-bond donors (Lipinski definition) is 0. The lowest BCUT2D eigenvalue weighted by molar-refractivity contribution is 0.413. The van der Waals surface area contributed by atoms with Crippen LogP contribution in [0.15, 0.2) is 57.7 Å². The quantitative estimate of drug-likeness (QED) is 0.534. The van der Waals surface area contributed by atoms with Gasteiger partial charge in [0.05, 0.1) is 12.7 Å². The lowest BCUT2D eigenvalue weighted by atomic mass is 10.1. The minimum Gasteiger partial charge on any atom is -0.496 e. The van der Waals surface area contributed by atoms with Crippen LogP contribution < -0.4 is 10.4 Å². The van der Waals surface area contributed by atoms with E-state index in [0.717, 1.165) is 16.5 Å². The molecule has 0 aliphatic carbocycles. The largest absolute Gasteiger partial charge is 0.496 e. The summed E-state index contributed by atoms with van der Waals surface area (Å²) in [6, 6.07) is 15.0.